The highest BCUT2D eigenvalue weighted by atomic mass is 35.5. The third kappa shape index (κ3) is 2.56. The third-order valence-electron chi connectivity index (χ3n) is 1.52. The molecule has 0 unspecified atom stereocenters. The fourth-order valence-electron chi connectivity index (χ4n) is 0.865. The van der Waals surface area contributed by atoms with Gasteiger partial charge < -0.3 is 4.74 Å². The summed E-state index contributed by atoms with van der Waals surface area (Å²) in [6, 6.07) is 1.54. The highest BCUT2D eigenvalue weighted by molar-refractivity contribution is 6.17. The van der Waals surface area contributed by atoms with Crippen molar-refractivity contribution >= 4 is 11.6 Å². The van der Waals surface area contributed by atoms with Crippen molar-refractivity contribution in [3.63, 3.8) is 0 Å². The molecule has 0 amide bonds. The first-order valence-corrected chi connectivity index (χ1v) is 4.65. The van der Waals surface area contributed by atoms with Gasteiger partial charge in [0, 0.05) is 11.8 Å². The molecular weight excluding hydrogens is 193 g/mol. The van der Waals surface area contributed by atoms with Crippen LogP contribution in [0.2, 0.25) is 0 Å². The first-order chi connectivity index (χ1) is 6.29. The number of rotatable bonds is 4. The SMILES string of the molecule is CCCOc1nccc(CCl)c1F. The topological polar surface area (TPSA) is 22.1 Å². The fraction of sp³-hybridized carbons (Fsp3) is 0.444. The van der Waals surface area contributed by atoms with Crippen molar-refractivity contribution in [1.82, 2.24) is 4.98 Å². The Balaban J connectivity index is 2.81. The maximum atomic E-state index is 13.3. The van der Waals surface area contributed by atoms with Gasteiger partial charge >= 0.3 is 0 Å². The molecular formula is C9H11ClFNO. The second-order valence-electron chi connectivity index (χ2n) is 2.57. The Morgan fingerprint density at radius 3 is 3.00 bits per heavy atom. The van der Waals surface area contributed by atoms with Crippen molar-refractivity contribution < 1.29 is 9.13 Å². The molecule has 2 nitrogen and oxygen atoms in total. The molecule has 0 aromatic carbocycles. The molecule has 1 rings (SSSR count). The van der Waals surface area contributed by atoms with Gasteiger partial charge in [-0.3, -0.25) is 0 Å². The van der Waals surface area contributed by atoms with Crippen molar-refractivity contribution in [3.05, 3.63) is 23.6 Å². The molecule has 1 aromatic heterocycles. The van der Waals surface area contributed by atoms with Crippen LogP contribution in [0.25, 0.3) is 0 Å². The molecule has 0 aliphatic heterocycles. The first kappa shape index (κ1) is 10.3. The molecule has 72 valence electrons. The summed E-state index contributed by atoms with van der Waals surface area (Å²) in [7, 11) is 0. The number of nitrogens with zero attached hydrogens (tertiary/aromatic N) is 1. The van der Waals surface area contributed by atoms with E-state index in [1.807, 2.05) is 6.92 Å². The first-order valence-electron chi connectivity index (χ1n) is 4.11. The van der Waals surface area contributed by atoms with E-state index in [0.717, 1.165) is 6.42 Å². The molecule has 0 radical (unpaired) electrons. The molecule has 0 saturated carbocycles. The predicted molar refractivity (Wildman–Crippen MR) is 49.5 cm³/mol. The van der Waals surface area contributed by atoms with Gasteiger partial charge in [0.2, 0.25) is 0 Å². The summed E-state index contributed by atoms with van der Waals surface area (Å²) < 4.78 is 18.4. The van der Waals surface area contributed by atoms with E-state index >= 15 is 0 Å². The van der Waals surface area contributed by atoms with E-state index in [9.17, 15) is 4.39 Å². The largest absolute Gasteiger partial charge is 0.476 e. The number of aromatic nitrogens is 1. The summed E-state index contributed by atoms with van der Waals surface area (Å²) in [6.07, 6.45) is 2.32. The van der Waals surface area contributed by atoms with Gasteiger partial charge in [-0.2, -0.15) is 0 Å². The van der Waals surface area contributed by atoms with E-state index in [4.69, 9.17) is 16.3 Å². The summed E-state index contributed by atoms with van der Waals surface area (Å²) in [5, 5.41) is 0. The van der Waals surface area contributed by atoms with Gasteiger partial charge in [0.05, 0.1) is 12.5 Å². The van der Waals surface area contributed by atoms with Gasteiger partial charge in [-0.25, -0.2) is 9.37 Å². The van der Waals surface area contributed by atoms with Gasteiger partial charge in [-0.15, -0.1) is 11.6 Å². The molecule has 0 aliphatic carbocycles. The smallest absolute Gasteiger partial charge is 0.250 e. The third-order valence-corrected chi connectivity index (χ3v) is 1.81. The van der Waals surface area contributed by atoms with Crippen molar-refractivity contribution in [2.24, 2.45) is 0 Å². The zero-order chi connectivity index (χ0) is 9.68. The monoisotopic (exact) mass is 203 g/mol. The average Bonchev–Trinajstić information content (AvgIpc) is 2.16. The van der Waals surface area contributed by atoms with Gasteiger partial charge in [0.1, 0.15) is 0 Å². The molecule has 0 saturated heterocycles. The molecule has 1 aromatic rings. The van der Waals surface area contributed by atoms with Crippen molar-refractivity contribution in [2.75, 3.05) is 6.61 Å². The molecule has 0 bridgehead atoms. The normalized spacial score (nSPS) is 10.1. The average molecular weight is 204 g/mol. The molecule has 0 aliphatic rings. The Morgan fingerprint density at radius 1 is 1.62 bits per heavy atom. The van der Waals surface area contributed by atoms with E-state index in [1.165, 1.54) is 6.20 Å². The Labute approximate surface area is 81.7 Å². The quantitative estimate of drug-likeness (QED) is 0.702. The maximum Gasteiger partial charge on any atom is 0.250 e. The maximum absolute atomic E-state index is 13.3. The van der Waals surface area contributed by atoms with Crippen LogP contribution >= 0.6 is 11.6 Å². The number of pyridine rings is 1. The zero-order valence-corrected chi connectivity index (χ0v) is 8.14. The van der Waals surface area contributed by atoms with E-state index in [0.29, 0.717) is 12.2 Å². The standard InChI is InChI=1S/C9H11ClFNO/c1-2-5-13-9-8(11)7(6-10)3-4-12-9/h3-4H,2,5-6H2,1H3. The van der Waals surface area contributed by atoms with Crippen LogP contribution in [-0.4, -0.2) is 11.6 Å². The van der Waals surface area contributed by atoms with Crippen molar-refractivity contribution in [2.45, 2.75) is 19.2 Å². The van der Waals surface area contributed by atoms with Gasteiger partial charge in [0.25, 0.3) is 5.88 Å². The minimum Gasteiger partial charge on any atom is -0.476 e. The van der Waals surface area contributed by atoms with Crippen LogP contribution in [0.15, 0.2) is 12.3 Å². The van der Waals surface area contributed by atoms with Crippen molar-refractivity contribution in [3.8, 4) is 5.88 Å². The summed E-state index contributed by atoms with van der Waals surface area (Å²) in [6.45, 7) is 2.42. The summed E-state index contributed by atoms with van der Waals surface area (Å²) >= 11 is 5.51. The van der Waals surface area contributed by atoms with E-state index in [1.54, 1.807) is 6.07 Å². The lowest BCUT2D eigenvalue weighted by atomic mass is 10.3. The van der Waals surface area contributed by atoms with E-state index < -0.39 is 5.82 Å². The lowest BCUT2D eigenvalue weighted by molar-refractivity contribution is 0.287. The number of hydrogen-bond acceptors (Lipinski definition) is 2. The highest BCUT2D eigenvalue weighted by Gasteiger charge is 2.08. The Kier molecular flexibility index (Phi) is 3.96. The lowest BCUT2D eigenvalue weighted by Crippen LogP contribution is -2.01. The number of ether oxygens (including phenoxy) is 1. The fourth-order valence-corrected chi connectivity index (χ4v) is 1.07. The number of halogens is 2. The number of alkyl halides is 1. The van der Waals surface area contributed by atoms with Crippen molar-refractivity contribution in [1.29, 1.82) is 0 Å². The minimum absolute atomic E-state index is 0.0417. The van der Waals surface area contributed by atoms with Gasteiger partial charge in [-0.05, 0) is 12.5 Å². The lowest BCUT2D eigenvalue weighted by Gasteiger charge is -2.05. The summed E-state index contributed by atoms with van der Waals surface area (Å²) in [5.41, 5.74) is 0.419. The highest BCUT2D eigenvalue weighted by Crippen LogP contribution is 2.18. The molecule has 4 heteroatoms. The van der Waals surface area contributed by atoms with Gasteiger partial charge in [-0.1, -0.05) is 6.92 Å². The molecule has 1 heterocycles. The van der Waals surface area contributed by atoms with Gasteiger partial charge in [0.15, 0.2) is 5.82 Å². The predicted octanol–water partition coefficient (Wildman–Crippen LogP) is 2.75. The van der Waals surface area contributed by atoms with Crippen LogP contribution in [0.1, 0.15) is 18.9 Å². The van der Waals surface area contributed by atoms with E-state index in [2.05, 4.69) is 4.98 Å². The van der Waals surface area contributed by atoms with Crippen LogP contribution in [0, 0.1) is 5.82 Å². The molecule has 0 fully saturated rings. The molecule has 0 spiro atoms. The Morgan fingerprint density at radius 2 is 2.38 bits per heavy atom. The minimum atomic E-state index is -0.453. The van der Waals surface area contributed by atoms with Crippen LogP contribution in [0.4, 0.5) is 4.39 Å². The van der Waals surface area contributed by atoms with E-state index in [-0.39, 0.29) is 11.8 Å². The summed E-state index contributed by atoms with van der Waals surface area (Å²) in [5.74, 6) is -0.275. The molecule has 13 heavy (non-hydrogen) atoms. The van der Waals surface area contributed by atoms with Crippen LogP contribution in [0.3, 0.4) is 0 Å². The Hall–Kier alpha value is -0.830. The van der Waals surface area contributed by atoms with Crippen LogP contribution in [0.5, 0.6) is 5.88 Å². The van der Waals surface area contributed by atoms with Crippen LogP contribution < -0.4 is 4.74 Å². The second-order valence-corrected chi connectivity index (χ2v) is 2.84. The zero-order valence-electron chi connectivity index (χ0n) is 7.39. The Bertz CT molecular complexity index is 280. The van der Waals surface area contributed by atoms with Crippen LogP contribution in [-0.2, 0) is 5.88 Å². The second kappa shape index (κ2) is 5.02. The molecule has 0 N–H and O–H groups in total. The summed E-state index contributed by atoms with van der Waals surface area (Å²) in [4.78, 5) is 3.77. The number of hydrogen-bond donors (Lipinski definition) is 0. The molecule has 0 atom stereocenters.